The lowest BCUT2D eigenvalue weighted by Crippen LogP contribution is -2.38. The summed E-state index contributed by atoms with van der Waals surface area (Å²) in [5, 5.41) is 8.71. The molecule has 4 heterocycles. The molecule has 0 bridgehead atoms. The molecule has 1 atom stereocenters. The smallest absolute Gasteiger partial charge is 0.181 e. The lowest BCUT2D eigenvalue weighted by Gasteiger charge is -2.25. The molecule has 6 nitrogen and oxygen atoms in total. The average Bonchev–Trinajstić information content (AvgIpc) is 3.29. The minimum atomic E-state index is 0.337. The van der Waals surface area contributed by atoms with E-state index >= 15 is 0 Å². The van der Waals surface area contributed by atoms with Crippen LogP contribution in [0.4, 0.5) is 5.82 Å². The molecule has 3 aromatic heterocycles. The highest BCUT2D eigenvalue weighted by molar-refractivity contribution is 6.32. The Labute approximate surface area is 162 Å². The zero-order chi connectivity index (χ0) is 18.4. The van der Waals surface area contributed by atoms with Crippen LogP contribution in [0.1, 0.15) is 18.5 Å². The number of hydrogen-bond acceptors (Lipinski definition) is 4. The molecule has 27 heavy (non-hydrogen) atoms. The van der Waals surface area contributed by atoms with E-state index in [-0.39, 0.29) is 0 Å². The van der Waals surface area contributed by atoms with Crippen LogP contribution < -0.4 is 10.6 Å². The Bertz CT molecular complexity index is 1120. The van der Waals surface area contributed by atoms with Crippen molar-refractivity contribution in [2.24, 2.45) is 0 Å². The van der Waals surface area contributed by atoms with Crippen molar-refractivity contribution in [1.29, 1.82) is 0 Å². The number of aromatic nitrogens is 4. The van der Waals surface area contributed by atoms with E-state index in [0.717, 1.165) is 65.3 Å². The topological polar surface area (TPSA) is 70.0 Å². The lowest BCUT2D eigenvalue weighted by atomic mass is 10.1. The number of halogens is 1. The summed E-state index contributed by atoms with van der Waals surface area (Å²) in [6, 6.07) is 8.53. The minimum absolute atomic E-state index is 0.337. The van der Waals surface area contributed by atoms with Crippen molar-refractivity contribution >= 4 is 34.0 Å². The minimum Gasteiger partial charge on any atom is -0.363 e. The van der Waals surface area contributed by atoms with Crippen LogP contribution in [-0.2, 0) is 0 Å². The second-order valence-electron chi connectivity index (χ2n) is 7.09. The number of fused-ring (bicyclic) bond motifs is 2. The lowest BCUT2D eigenvalue weighted by molar-refractivity contribution is 0.479. The summed E-state index contributed by atoms with van der Waals surface area (Å²) in [6.45, 7) is 4.01. The van der Waals surface area contributed by atoms with Gasteiger partial charge in [0.25, 0.3) is 0 Å². The summed E-state index contributed by atoms with van der Waals surface area (Å²) in [5.74, 6) is 0.779. The first-order valence-corrected chi connectivity index (χ1v) is 9.67. The number of nitrogens with zero attached hydrogens (tertiary/aromatic N) is 3. The number of aromatic amines is 1. The molecule has 3 N–H and O–H groups in total. The third-order valence-electron chi connectivity index (χ3n) is 5.25. The molecule has 1 aliphatic rings. The van der Waals surface area contributed by atoms with Crippen LogP contribution in [0.5, 0.6) is 0 Å². The molecule has 1 saturated heterocycles. The number of benzene rings is 1. The summed E-state index contributed by atoms with van der Waals surface area (Å²) in [7, 11) is 0. The van der Waals surface area contributed by atoms with E-state index in [4.69, 9.17) is 16.6 Å². The molecular weight excluding hydrogens is 360 g/mol. The zero-order valence-electron chi connectivity index (χ0n) is 15.1. The number of para-hydroxylation sites is 1. The Morgan fingerprint density at radius 2 is 2.19 bits per heavy atom. The second kappa shape index (κ2) is 6.55. The Balaban J connectivity index is 1.70. The Morgan fingerprint density at radius 1 is 1.30 bits per heavy atom. The van der Waals surface area contributed by atoms with E-state index in [1.54, 1.807) is 0 Å². The molecule has 0 amide bonds. The van der Waals surface area contributed by atoms with E-state index in [1.807, 2.05) is 35.9 Å². The van der Waals surface area contributed by atoms with Crippen molar-refractivity contribution < 1.29 is 0 Å². The van der Waals surface area contributed by atoms with Crippen LogP contribution >= 0.6 is 11.6 Å². The maximum Gasteiger partial charge on any atom is 0.181 e. The number of rotatable bonds is 3. The van der Waals surface area contributed by atoms with E-state index < -0.39 is 0 Å². The van der Waals surface area contributed by atoms with Gasteiger partial charge in [-0.25, -0.2) is 9.97 Å². The van der Waals surface area contributed by atoms with Gasteiger partial charge in [0.15, 0.2) is 11.5 Å². The van der Waals surface area contributed by atoms with Crippen LogP contribution in [0, 0.1) is 6.92 Å². The monoisotopic (exact) mass is 380 g/mol. The molecule has 1 aliphatic heterocycles. The molecule has 4 aromatic rings. The van der Waals surface area contributed by atoms with Crippen LogP contribution in [0.3, 0.4) is 0 Å². The molecule has 0 saturated carbocycles. The Morgan fingerprint density at radius 3 is 3.04 bits per heavy atom. The molecule has 0 radical (unpaired) electrons. The van der Waals surface area contributed by atoms with Crippen LogP contribution in [-0.4, -0.2) is 38.5 Å². The maximum absolute atomic E-state index is 6.80. The molecule has 5 rings (SSSR count). The summed E-state index contributed by atoms with van der Waals surface area (Å²) >= 11 is 6.80. The fraction of sp³-hybridized carbons (Fsp3) is 0.300. The second-order valence-corrected chi connectivity index (χ2v) is 7.45. The Kier molecular flexibility index (Phi) is 4.02. The highest BCUT2D eigenvalue weighted by Gasteiger charge is 2.21. The quantitative estimate of drug-likeness (QED) is 0.502. The van der Waals surface area contributed by atoms with Crippen LogP contribution in [0.15, 0.2) is 36.7 Å². The highest BCUT2D eigenvalue weighted by atomic mass is 35.5. The number of hydrogen-bond donors (Lipinski definition) is 3. The first kappa shape index (κ1) is 16.6. The van der Waals surface area contributed by atoms with Crippen molar-refractivity contribution in [2.45, 2.75) is 25.8 Å². The van der Waals surface area contributed by atoms with Crippen molar-refractivity contribution in [3.8, 4) is 11.3 Å². The Hall–Kier alpha value is -2.57. The maximum atomic E-state index is 6.80. The molecule has 138 valence electrons. The van der Waals surface area contributed by atoms with Gasteiger partial charge in [-0.3, -0.25) is 4.40 Å². The van der Waals surface area contributed by atoms with Gasteiger partial charge in [-0.1, -0.05) is 29.8 Å². The fourth-order valence-electron chi connectivity index (χ4n) is 3.87. The molecule has 0 unspecified atom stereocenters. The fourth-order valence-corrected chi connectivity index (χ4v) is 4.23. The normalized spacial score (nSPS) is 17.6. The highest BCUT2D eigenvalue weighted by Crippen LogP contribution is 2.35. The summed E-state index contributed by atoms with van der Waals surface area (Å²) in [6.07, 6.45) is 6.09. The summed E-state index contributed by atoms with van der Waals surface area (Å²) in [4.78, 5) is 12.8. The predicted molar refractivity (Wildman–Crippen MR) is 110 cm³/mol. The van der Waals surface area contributed by atoms with Gasteiger partial charge in [0, 0.05) is 47.1 Å². The first-order valence-electron chi connectivity index (χ1n) is 9.29. The largest absolute Gasteiger partial charge is 0.363 e. The van der Waals surface area contributed by atoms with Crippen molar-refractivity contribution in [2.75, 3.05) is 18.4 Å². The van der Waals surface area contributed by atoms with Gasteiger partial charge in [0.1, 0.15) is 10.8 Å². The standard InChI is InChI=1S/C20H21ClN6/c1-12-9-24-20-19(25-13-5-4-8-22-10-13)26-17(18(21)27(12)20)15-11-23-16-7-3-2-6-14(15)16/h2-3,6-7,9,11,13,22-23H,4-5,8,10H2,1H3,(H,25,26)/t13-/m0/s1. The first-order chi connectivity index (χ1) is 13.2. The molecule has 0 spiro atoms. The number of aryl methyl sites for hydroxylation is 1. The van der Waals surface area contributed by atoms with Gasteiger partial charge in [-0.05, 0) is 32.4 Å². The third-order valence-corrected chi connectivity index (χ3v) is 5.60. The van der Waals surface area contributed by atoms with E-state index in [9.17, 15) is 0 Å². The number of imidazole rings is 1. The molecule has 0 aliphatic carbocycles. The van der Waals surface area contributed by atoms with Gasteiger partial charge in [-0.15, -0.1) is 0 Å². The van der Waals surface area contributed by atoms with Gasteiger partial charge in [0.05, 0.1) is 0 Å². The number of piperidine rings is 1. The average molecular weight is 381 g/mol. The van der Waals surface area contributed by atoms with Crippen LogP contribution in [0.2, 0.25) is 5.15 Å². The van der Waals surface area contributed by atoms with Crippen molar-refractivity contribution in [3.63, 3.8) is 0 Å². The summed E-state index contributed by atoms with van der Waals surface area (Å²) < 4.78 is 1.98. The molecule has 1 aromatic carbocycles. The SMILES string of the molecule is Cc1cnc2c(N[C@H]3CCCNC3)nc(-c3c[nH]c4ccccc34)c(Cl)n12. The zero-order valence-corrected chi connectivity index (χ0v) is 15.8. The van der Waals surface area contributed by atoms with Gasteiger partial charge >= 0.3 is 0 Å². The number of H-pyrrole nitrogens is 1. The van der Waals surface area contributed by atoms with E-state index in [1.165, 1.54) is 0 Å². The predicted octanol–water partition coefficient (Wildman–Crippen LogP) is 4.00. The van der Waals surface area contributed by atoms with Crippen molar-refractivity contribution in [3.05, 3.63) is 47.5 Å². The van der Waals surface area contributed by atoms with Gasteiger partial charge < -0.3 is 15.6 Å². The van der Waals surface area contributed by atoms with E-state index in [0.29, 0.717) is 11.2 Å². The molecule has 1 fully saturated rings. The van der Waals surface area contributed by atoms with Gasteiger partial charge in [0.2, 0.25) is 0 Å². The third kappa shape index (κ3) is 2.76. The molecule has 7 heteroatoms. The summed E-state index contributed by atoms with van der Waals surface area (Å²) in [5.41, 5.74) is 4.58. The molecular formula is C20H21ClN6. The number of anilines is 1. The van der Waals surface area contributed by atoms with E-state index in [2.05, 4.69) is 32.7 Å². The van der Waals surface area contributed by atoms with Crippen molar-refractivity contribution in [1.82, 2.24) is 24.7 Å². The van der Waals surface area contributed by atoms with Crippen LogP contribution in [0.25, 0.3) is 27.8 Å². The van der Waals surface area contributed by atoms with Gasteiger partial charge in [-0.2, -0.15) is 0 Å². The number of nitrogens with one attached hydrogen (secondary N) is 3.